The van der Waals surface area contributed by atoms with Gasteiger partial charge in [-0.15, -0.1) is 0 Å². The third kappa shape index (κ3) is 4.05. The largest absolute Gasteiger partial charge is 0.467 e. The molecular weight excluding hydrogens is 472 g/mol. The van der Waals surface area contributed by atoms with Crippen molar-refractivity contribution in [3.05, 3.63) is 11.6 Å². The molecule has 0 aromatic heterocycles. The van der Waals surface area contributed by atoms with Gasteiger partial charge in [-0.3, -0.25) is 9.59 Å². The maximum absolute atomic E-state index is 12.6. The highest BCUT2D eigenvalue weighted by Gasteiger charge is 2.65. The number of nitrogens with zero attached hydrogens (tertiary/aromatic N) is 2. The first kappa shape index (κ1) is 26.4. The summed E-state index contributed by atoms with van der Waals surface area (Å²) in [7, 11) is 1.34. The second-order valence-corrected chi connectivity index (χ2v) is 12.5. The number of rotatable bonds is 5. The number of Topliss-reactive ketones (excluding diaryl/α,β-unsaturated/α-hetero) is 1. The van der Waals surface area contributed by atoms with E-state index in [1.165, 1.54) is 17.6 Å². The van der Waals surface area contributed by atoms with Gasteiger partial charge in [-0.05, 0) is 100 Å². The van der Waals surface area contributed by atoms with Crippen LogP contribution in [0.3, 0.4) is 0 Å². The minimum Gasteiger partial charge on any atom is -0.467 e. The zero-order chi connectivity index (χ0) is 26.6. The molecule has 1 aliphatic heterocycles. The van der Waals surface area contributed by atoms with Crippen molar-refractivity contribution in [1.82, 2.24) is 4.90 Å². The van der Waals surface area contributed by atoms with E-state index >= 15 is 0 Å². The normalized spacial score (nSPS) is 41.9. The second kappa shape index (κ2) is 9.51. The first-order chi connectivity index (χ1) is 17.5. The third-order valence-corrected chi connectivity index (χ3v) is 11.1. The predicted octanol–water partition coefficient (Wildman–Crippen LogP) is 3.81. The highest BCUT2D eigenvalue weighted by Crippen LogP contribution is 2.67. The van der Waals surface area contributed by atoms with Crippen molar-refractivity contribution in [2.24, 2.45) is 33.7 Å². The Morgan fingerprint density at radius 2 is 1.84 bits per heavy atom. The van der Waals surface area contributed by atoms with Gasteiger partial charge in [-0.25, -0.2) is 4.79 Å². The van der Waals surface area contributed by atoms with Gasteiger partial charge in [0.05, 0.1) is 12.8 Å². The van der Waals surface area contributed by atoms with Crippen molar-refractivity contribution in [2.75, 3.05) is 20.3 Å². The van der Waals surface area contributed by atoms with Crippen LogP contribution < -0.4 is 0 Å². The highest BCUT2D eigenvalue weighted by atomic mass is 16.6. The molecule has 8 heteroatoms. The van der Waals surface area contributed by atoms with E-state index in [0.29, 0.717) is 37.1 Å². The molecule has 0 aromatic rings. The molecule has 7 atom stereocenters. The summed E-state index contributed by atoms with van der Waals surface area (Å²) in [5.41, 5.74) is 0.896. The van der Waals surface area contributed by atoms with E-state index in [2.05, 4.69) is 25.1 Å². The van der Waals surface area contributed by atoms with E-state index in [-0.39, 0.29) is 35.1 Å². The van der Waals surface area contributed by atoms with Gasteiger partial charge in [-0.1, -0.05) is 24.6 Å². The number of esters is 1. The first-order valence-electron chi connectivity index (χ1n) is 14.1. The topological polar surface area (TPSA) is 106 Å². The Bertz CT molecular complexity index is 1040. The number of methoxy groups -OCH3 is 1. The van der Waals surface area contributed by atoms with Crippen LogP contribution in [0.15, 0.2) is 16.8 Å². The number of oxime groups is 1. The van der Waals surface area contributed by atoms with Gasteiger partial charge in [0.25, 0.3) is 5.91 Å². The number of fused-ring (bicyclic) bond motifs is 5. The number of hydrogen-bond donors (Lipinski definition) is 1. The fourth-order valence-corrected chi connectivity index (χ4v) is 8.94. The number of likely N-dealkylation sites (tertiary alicyclic amines) is 1. The van der Waals surface area contributed by atoms with Gasteiger partial charge in [0, 0.05) is 12.0 Å². The lowest BCUT2D eigenvalue weighted by Gasteiger charge is -2.59. The van der Waals surface area contributed by atoms with Crippen LogP contribution in [0.4, 0.5) is 0 Å². The van der Waals surface area contributed by atoms with E-state index in [4.69, 9.17) is 9.57 Å². The van der Waals surface area contributed by atoms with Crippen molar-refractivity contribution in [3.63, 3.8) is 0 Å². The summed E-state index contributed by atoms with van der Waals surface area (Å²) >= 11 is 0. The Balaban J connectivity index is 1.25. The van der Waals surface area contributed by atoms with Gasteiger partial charge in [0.2, 0.25) is 0 Å². The molecule has 4 aliphatic carbocycles. The van der Waals surface area contributed by atoms with Crippen molar-refractivity contribution in [1.29, 1.82) is 0 Å². The number of allylic oxidation sites excluding steroid dienone is 2. The molecule has 5 aliphatic rings. The number of carbonyl (C=O) groups is 3. The second-order valence-electron chi connectivity index (χ2n) is 12.5. The van der Waals surface area contributed by atoms with Crippen LogP contribution >= 0.6 is 0 Å². The predicted molar refractivity (Wildman–Crippen MR) is 137 cm³/mol. The zero-order valence-electron chi connectivity index (χ0n) is 22.8. The summed E-state index contributed by atoms with van der Waals surface area (Å²) in [6, 6.07) is -0.523. The lowest BCUT2D eigenvalue weighted by molar-refractivity contribution is -0.159. The van der Waals surface area contributed by atoms with Crippen LogP contribution in [-0.4, -0.2) is 65.3 Å². The Morgan fingerprint density at radius 3 is 2.57 bits per heavy atom. The van der Waals surface area contributed by atoms with E-state index in [9.17, 15) is 19.5 Å². The van der Waals surface area contributed by atoms with Gasteiger partial charge < -0.3 is 19.6 Å². The molecule has 5 rings (SSSR count). The van der Waals surface area contributed by atoms with Crippen LogP contribution in [0.5, 0.6) is 0 Å². The maximum Gasteiger partial charge on any atom is 0.328 e. The van der Waals surface area contributed by atoms with Gasteiger partial charge >= 0.3 is 5.97 Å². The molecular formula is C29H42N2O6. The standard InChI is InChI=1S/C29H42N2O6/c1-18(32)29(35)14-11-23-21-8-7-19-16-20(9-12-27(19,2)22(21)10-13-28(23,29)3)30-37-17-25(33)31-15-5-6-24(31)26(34)36-4/h16,21-24,35H,5-15,17H2,1-4H3/b30-20+/t21-,22+,23+,24-,27+,28+,29+/m1/s1. The van der Waals surface area contributed by atoms with Crippen molar-refractivity contribution >= 4 is 23.4 Å². The smallest absolute Gasteiger partial charge is 0.328 e. The SMILES string of the molecule is COC(=O)[C@H]1CCCN1C(=O)CO/N=C1/C=C2CC[C@@H]3[C@H](CC[C@@]4(C)[C@H]3CC[C@]4(O)C(C)=O)[C@@]2(C)CC1. The summed E-state index contributed by atoms with van der Waals surface area (Å²) in [4.78, 5) is 44.0. The number of ketones is 1. The minimum atomic E-state index is -1.17. The Morgan fingerprint density at radius 1 is 1.08 bits per heavy atom. The molecule has 1 N–H and O–H groups in total. The Hall–Kier alpha value is -2.22. The van der Waals surface area contributed by atoms with E-state index in [1.807, 2.05) is 0 Å². The van der Waals surface area contributed by atoms with E-state index < -0.39 is 11.6 Å². The molecule has 37 heavy (non-hydrogen) atoms. The van der Waals surface area contributed by atoms with Gasteiger partial charge in [0.15, 0.2) is 12.4 Å². The molecule has 1 saturated heterocycles. The fourth-order valence-electron chi connectivity index (χ4n) is 8.94. The first-order valence-corrected chi connectivity index (χ1v) is 14.1. The average molecular weight is 515 g/mol. The summed E-state index contributed by atoms with van der Waals surface area (Å²) in [5.74, 6) is 0.789. The van der Waals surface area contributed by atoms with Crippen LogP contribution in [0, 0.1) is 28.6 Å². The molecule has 204 valence electrons. The molecule has 0 spiro atoms. The van der Waals surface area contributed by atoms with Crippen LogP contribution in [0.25, 0.3) is 0 Å². The van der Waals surface area contributed by atoms with Crippen molar-refractivity contribution < 1.29 is 29.1 Å². The number of hydrogen-bond acceptors (Lipinski definition) is 7. The summed E-state index contributed by atoms with van der Waals surface area (Å²) in [6.45, 7) is 6.47. The number of amides is 1. The fraction of sp³-hybridized carbons (Fsp3) is 0.793. The molecule has 8 nitrogen and oxygen atoms in total. The minimum absolute atomic E-state index is 0.0684. The highest BCUT2D eigenvalue weighted by molar-refractivity contribution is 5.96. The van der Waals surface area contributed by atoms with Crippen LogP contribution in [-0.2, 0) is 24.0 Å². The molecule has 3 saturated carbocycles. The molecule has 0 bridgehead atoms. The Kier molecular flexibility index (Phi) is 6.78. The summed E-state index contributed by atoms with van der Waals surface area (Å²) < 4.78 is 4.82. The monoisotopic (exact) mass is 514 g/mol. The molecule has 1 heterocycles. The molecule has 1 amide bonds. The molecule has 0 radical (unpaired) electrons. The number of ether oxygens (including phenoxy) is 1. The van der Waals surface area contributed by atoms with E-state index in [0.717, 1.165) is 57.1 Å². The lowest BCUT2D eigenvalue weighted by Crippen LogP contribution is -2.57. The maximum atomic E-state index is 12.6. The van der Waals surface area contributed by atoms with Crippen LogP contribution in [0.2, 0.25) is 0 Å². The molecule has 0 unspecified atom stereocenters. The van der Waals surface area contributed by atoms with Crippen LogP contribution in [0.1, 0.15) is 85.0 Å². The van der Waals surface area contributed by atoms with Gasteiger partial charge in [0.1, 0.15) is 11.6 Å². The quantitative estimate of drug-likeness (QED) is 0.442. The molecule has 4 fully saturated rings. The summed E-state index contributed by atoms with van der Waals surface area (Å²) in [6.07, 6.45) is 10.9. The van der Waals surface area contributed by atoms with Gasteiger partial charge in [-0.2, -0.15) is 0 Å². The average Bonchev–Trinajstić information content (AvgIpc) is 3.47. The lowest BCUT2D eigenvalue weighted by atomic mass is 9.46. The van der Waals surface area contributed by atoms with Crippen molar-refractivity contribution in [3.8, 4) is 0 Å². The van der Waals surface area contributed by atoms with E-state index in [1.54, 1.807) is 6.92 Å². The molecule has 0 aromatic carbocycles. The number of carbonyl (C=O) groups excluding carboxylic acids is 3. The zero-order valence-corrected chi connectivity index (χ0v) is 22.8. The third-order valence-electron chi connectivity index (χ3n) is 11.1. The summed E-state index contributed by atoms with van der Waals surface area (Å²) in [5, 5.41) is 15.7. The van der Waals surface area contributed by atoms with Crippen molar-refractivity contribution in [2.45, 2.75) is 96.6 Å². The number of aliphatic hydroxyl groups is 1. The Labute approximate surface area is 219 Å².